The van der Waals surface area contributed by atoms with Gasteiger partial charge in [-0.15, -0.1) is 0 Å². The van der Waals surface area contributed by atoms with Crippen LogP contribution in [0.3, 0.4) is 0 Å². The van der Waals surface area contributed by atoms with E-state index in [2.05, 4.69) is 24.9 Å². The molecule has 3 heterocycles. The normalized spacial score (nSPS) is 19.7. The van der Waals surface area contributed by atoms with Crippen LogP contribution in [-0.2, 0) is 0 Å². The van der Waals surface area contributed by atoms with Crippen molar-refractivity contribution in [1.82, 2.24) is 9.97 Å². The number of piperidine rings is 2. The Bertz CT molecular complexity index is 1180. The second-order valence-electron chi connectivity index (χ2n) is 10.9. The number of aryl methyl sites for hydroxylation is 1. The van der Waals surface area contributed by atoms with Crippen molar-refractivity contribution in [3.05, 3.63) is 35.5 Å². The Morgan fingerprint density at radius 1 is 1.02 bits per heavy atom. The molecule has 5 rings (SSSR count). The first-order valence-electron chi connectivity index (χ1n) is 14.5. The van der Waals surface area contributed by atoms with Crippen molar-refractivity contribution in [1.29, 1.82) is 0 Å². The number of nitrogens with zero attached hydrogens (tertiary/aromatic N) is 4. The van der Waals surface area contributed by atoms with E-state index in [0.717, 1.165) is 43.6 Å². The molecule has 2 saturated heterocycles. The second kappa shape index (κ2) is 13.5. The molecular formula is C29H41F3N6O2S. The van der Waals surface area contributed by atoms with Crippen molar-refractivity contribution in [2.75, 3.05) is 59.3 Å². The summed E-state index contributed by atoms with van der Waals surface area (Å²) in [4.78, 5) is 26.4. The van der Waals surface area contributed by atoms with Crippen LogP contribution in [0.25, 0.3) is 0 Å². The van der Waals surface area contributed by atoms with E-state index < -0.39 is 17.8 Å². The zero-order valence-electron chi connectivity index (χ0n) is 24.1. The standard InChI is InChI=1S/C27H35F3N6O2S.C2H6/c1-18-14-23(33-25(31-18)36-12-8-27(29,30)9-13-36)32-24(38)21-3-2-19(34-39-20(16-28)17-37)15-22(21)35-10-6-26(4-5-26)7-11-35;1-2/h2-3,14-15,20,34,37H,4-13,16-17H2,1H3,(H,31,32,33,38);1-2H3. The molecule has 1 unspecified atom stereocenters. The minimum absolute atomic E-state index is 0.149. The van der Waals surface area contributed by atoms with Crippen molar-refractivity contribution >= 4 is 41.0 Å². The van der Waals surface area contributed by atoms with Crippen LogP contribution in [-0.4, -0.2) is 71.6 Å². The molecule has 0 radical (unpaired) electrons. The molecule has 8 nitrogen and oxygen atoms in total. The molecule has 1 aliphatic carbocycles. The van der Waals surface area contributed by atoms with E-state index >= 15 is 0 Å². The lowest BCUT2D eigenvalue weighted by Crippen LogP contribution is -2.40. The van der Waals surface area contributed by atoms with Crippen LogP contribution in [0.4, 0.5) is 36.3 Å². The van der Waals surface area contributed by atoms with Gasteiger partial charge in [-0.1, -0.05) is 13.8 Å². The van der Waals surface area contributed by atoms with Gasteiger partial charge >= 0.3 is 0 Å². The van der Waals surface area contributed by atoms with Crippen molar-refractivity contribution in [2.45, 2.75) is 70.5 Å². The fourth-order valence-electron chi connectivity index (χ4n) is 5.19. The van der Waals surface area contributed by atoms with E-state index in [4.69, 9.17) is 0 Å². The van der Waals surface area contributed by atoms with E-state index in [1.54, 1.807) is 30.0 Å². The molecule has 1 spiro atoms. The lowest BCUT2D eigenvalue weighted by Gasteiger charge is -2.35. The molecule has 1 aromatic heterocycles. The first-order valence-corrected chi connectivity index (χ1v) is 15.3. The van der Waals surface area contributed by atoms with Crippen molar-refractivity contribution < 1.29 is 23.1 Å². The maximum atomic E-state index is 13.6. The van der Waals surface area contributed by atoms with Crippen LogP contribution in [0.15, 0.2) is 24.3 Å². The predicted octanol–water partition coefficient (Wildman–Crippen LogP) is 6.07. The Labute approximate surface area is 244 Å². The third kappa shape index (κ3) is 7.97. The molecule has 2 aliphatic heterocycles. The molecule has 2 aromatic rings. The minimum atomic E-state index is -2.67. The molecule has 1 atom stereocenters. The predicted molar refractivity (Wildman–Crippen MR) is 160 cm³/mol. The summed E-state index contributed by atoms with van der Waals surface area (Å²) in [7, 11) is 0. The highest BCUT2D eigenvalue weighted by molar-refractivity contribution is 8.01. The largest absolute Gasteiger partial charge is 0.395 e. The quantitative estimate of drug-likeness (QED) is 0.301. The fourth-order valence-corrected chi connectivity index (χ4v) is 5.76. The van der Waals surface area contributed by atoms with Crippen LogP contribution in [0.5, 0.6) is 0 Å². The zero-order valence-corrected chi connectivity index (χ0v) is 24.9. The van der Waals surface area contributed by atoms with E-state index in [1.165, 1.54) is 12.8 Å². The van der Waals surface area contributed by atoms with Gasteiger partial charge in [0, 0.05) is 56.5 Å². The maximum absolute atomic E-state index is 13.6. The monoisotopic (exact) mass is 594 g/mol. The number of benzene rings is 1. The summed E-state index contributed by atoms with van der Waals surface area (Å²) in [5.74, 6) is -2.36. The van der Waals surface area contributed by atoms with Crippen LogP contribution in [0.1, 0.15) is 68.4 Å². The molecule has 3 fully saturated rings. The van der Waals surface area contributed by atoms with Gasteiger partial charge in [-0.25, -0.2) is 18.2 Å². The molecule has 41 heavy (non-hydrogen) atoms. The maximum Gasteiger partial charge on any atom is 0.258 e. The van der Waals surface area contributed by atoms with Crippen molar-refractivity contribution in [3.63, 3.8) is 0 Å². The molecule has 226 valence electrons. The molecule has 12 heteroatoms. The Balaban J connectivity index is 0.00000189. The summed E-state index contributed by atoms with van der Waals surface area (Å²) in [5.41, 5.74) is 3.07. The highest BCUT2D eigenvalue weighted by Crippen LogP contribution is 2.54. The third-order valence-corrected chi connectivity index (χ3v) is 8.91. The van der Waals surface area contributed by atoms with Crippen LogP contribution in [0, 0.1) is 12.3 Å². The van der Waals surface area contributed by atoms with Crippen LogP contribution < -0.4 is 19.8 Å². The second-order valence-corrected chi connectivity index (χ2v) is 12.0. The van der Waals surface area contributed by atoms with E-state index in [9.17, 15) is 23.1 Å². The van der Waals surface area contributed by atoms with Gasteiger partial charge in [0.1, 0.15) is 12.5 Å². The average molecular weight is 595 g/mol. The number of carbonyl (C=O) groups excluding carboxylic acids is 1. The summed E-state index contributed by atoms with van der Waals surface area (Å²) in [6, 6.07) is 7.05. The topological polar surface area (TPSA) is 93.6 Å². The highest BCUT2D eigenvalue weighted by atomic mass is 32.2. The SMILES string of the molecule is CC.Cc1cc(NC(=O)c2ccc(NSC(CO)CF)cc2N2CCC3(CC2)CC3)nc(N2CCC(F)(F)CC2)n1. The number of hydrogen-bond acceptors (Lipinski definition) is 8. The molecule has 1 saturated carbocycles. The molecule has 3 N–H and O–H groups in total. The van der Waals surface area contributed by atoms with E-state index in [-0.39, 0.29) is 38.4 Å². The Hall–Kier alpha value is -2.73. The highest BCUT2D eigenvalue weighted by Gasteiger charge is 2.44. The number of aliphatic hydroxyl groups is 1. The van der Waals surface area contributed by atoms with Gasteiger partial charge in [0.15, 0.2) is 0 Å². The number of aliphatic hydroxyl groups excluding tert-OH is 1. The van der Waals surface area contributed by atoms with E-state index in [0.29, 0.717) is 34.1 Å². The van der Waals surface area contributed by atoms with Crippen LogP contribution in [0.2, 0.25) is 0 Å². The number of amides is 1. The lowest BCUT2D eigenvalue weighted by atomic mass is 9.93. The average Bonchev–Trinajstić information content (AvgIpc) is 3.73. The minimum Gasteiger partial charge on any atom is -0.395 e. The number of halogens is 3. The van der Waals surface area contributed by atoms with Gasteiger partial charge in [-0.05, 0) is 68.2 Å². The van der Waals surface area contributed by atoms with Crippen LogP contribution >= 0.6 is 11.9 Å². The number of hydrogen-bond donors (Lipinski definition) is 3. The molecule has 0 bridgehead atoms. The summed E-state index contributed by atoms with van der Waals surface area (Å²) < 4.78 is 43.5. The van der Waals surface area contributed by atoms with Gasteiger partial charge in [-0.3, -0.25) is 4.79 Å². The smallest absolute Gasteiger partial charge is 0.258 e. The number of anilines is 4. The number of nitrogens with one attached hydrogen (secondary N) is 2. The summed E-state index contributed by atoms with van der Waals surface area (Å²) in [6.45, 7) is 6.83. The van der Waals surface area contributed by atoms with Crippen molar-refractivity contribution in [3.8, 4) is 0 Å². The number of alkyl halides is 3. The molecule has 3 aliphatic rings. The van der Waals surface area contributed by atoms with Gasteiger partial charge in [0.2, 0.25) is 5.95 Å². The molecule has 1 amide bonds. The van der Waals surface area contributed by atoms with Gasteiger partial charge < -0.3 is 24.9 Å². The third-order valence-electron chi connectivity index (χ3n) is 7.95. The molecule has 1 aromatic carbocycles. The first-order chi connectivity index (χ1) is 19.7. The molecular weight excluding hydrogens is 553 g/mol. The Kier molecular flexibility index (Phi) is 10.3. The number of aromatic nitrogens is 2. The van der Waals surface area contributed by atoms with Gasteiger partial charge in [0.05, 0.1) is 23.1 Å². The fraction of sp³-hybridized carbons (Fsp3) is 0.621. The first kappa shape index (κ1) is 31.2. The Morgan fingerprint density at radius 2 is 1.68 bits per heavy atom. The van der Waals surface area contributed by atoms with Gasteiger partial charge in [0.25, 0.3) is 11.8 Å². The zero-order chi connectivity index (χ0) is 29.6. The summed E-state index contributed by atoms with van der Waals surface area (Å²) in [6.07, 6.45) is 4.19. The van der Waals surface area contributed by atoms with Crippen molar-refractivity contribution in [2.24, 2.45) is 5.41 Å². The lowest BCUT2D eigenvalue weighted by molar-refractivity contribution is -0.0222. The summed E-state index contributed by atoms with van der Waals surface area (Å²) in [5, 5.41) is 11.6. The summed E-state index contributed by atoms with van der Waals surface area (Å²) >= 11 is 1.11. The number of carbonyl (C=O) groups is 1. The van der Waals surface area contributed by atoms with E-state index in [1.807, 2.05) is 19.9 Å². The van der Waals surface area contributed by atoms with Gasteiger partial charge in [-0.2, -0.15) is 4.98 Å². The number of rotatable bonds is 9. The Morgan fingerprint density at radius 3 is 2.29 bits per heavy atom.